The summed E-state index contributed by atoms with van der Waals surface area (Å²) in [6.45, 7) is 0. The highest BCUT2D eigenvalue weighted by atomic mass is 35.5. The molecule has 0 fully saturated rings. The van der Waals surface area contributed by atoms with Crippen LogP contribution in [0.4, 0.5) is 15.8 Å². The summed E-state index contributed by atoms with van der Waals surface area (Å²) in [7, 11) is 0. The molecule has 0 radical (unpaired) electrons. The summed E-state index contributed by atoms with van der Waals surface area (Å²) >= 11 is 5.82. The average molecular weight is 391 g/mol. The van der Waals surface area contributed by atoms with Crippen LogP contribution in [0.1, 0.15) is 12.3 Å². The standard InChI is InChI=1S/C17H12ClFN4O4/c18-11-3-1-10(2-4-11)17-21-16(27-22-17)8-7-15(24)20-12-5-6-13(19)14(9-12)23(25)26/h1-6,9H,7-8H2,(H,20,24). The molecule has 1 heterocycles. The highest BCUT2D eigenvalue weighted by Gasteiger charge is 2.16. The van der Waals surface area contributed by atoms with E-state index >= 15 is 0 Å². The first kappa shape index (κ1) is 18.5. The number of carbonyl (C=O) groups is 1. The van der Waals surface area contributed by atoms with Crippen molar-refractivity contribution in [1.82, 2.24) is 10.1 Å². The number of aryl methyl sites for hydroxylation is 1. The Morgan fingerprint density at radius 3 is 2.70 bits per heavy atom. The summed E-state index contributed by atoms with van der Waals surface area (Å²) in [5, 5.41) is 17.6. The predicted octanol–water partition coefficient (Wildman–Crippen LogP) is 4.01. The molecule has 1 N–H and O–H groups in total. The van der Waals surface area contributed by atoms with Crippen molar-refractivity contribution in [3.05, 3.63) is 69.3 Å². The Kier molecular flexibility index (Phi) is 5.41. The Hall–Kier alpha value is -3.33. The number of nitro groups is 1. The van der Waals surface area contributed by atoms with Gasteiger partial charge < -0.3 is 9.84 Å². The molecular weight excluding hydrogens is 379 g/mol. The van der Waals surface area contributed by atoms with E-state index in [0.717, 1.165) is 17.7 Å². The largest absolute Gasteiger partial charge is 0.339 e. The van der Waals surface area contributed by atoms with Crippen molar-refractivity contribution in [2.75, 3.05) is 5.32 Å². The van der Waals surface area contributed by atoms with Crippen molar-refractivity contribution in [2.24, 2.45) is 0 Å². The first-order valence-electron chi connectivity index (χ1n) is 7.74. The summed E-state index contributed by atoms with van der Waals surface area (Å²) in [6.07, 6.45) is 0.184. The van der Waals surface area contributed by atoms with Gasteiger partial charge in [0.15, 0.2) is 0 Å². The molecule has 3 rings (SSSR count). The molecule has 0 aliphatic rings. The number of halogens is 2. The van der Waals surface area contributed by atoms with Crippen molar-refractivity contribution in [2.45, 2.75) is 12.8 Å². The second-order valence-electron chi connectivity index (χ2n) is 5.49. The topological polar surface area (TPSA) is 111 Å². The predicted molar refractivity (Wildman–Crippen MR) is 94.7 cm³/mol. The van der Waals surface area contributed by atoms with Gasteiger partial charge >= 0.3 is 5.69 Å². The number of hydrogen-bond donors (Lipinski definition) is 1. The molecule has 0 bridgehead atoms. The number of rotatable bonds is 6. The number of amides is 1. The van der Waals surface area contributed by atoms with Crippen LogP contribution in [0.2, 0.25) is 5.02 Å². The zero-order valence-electron chi connectivity index (χ0n) is 13.7. The van der Waals surface area contributed by atoms with Crippen LogP contribution in [0.25, 0.3) is 11.4 Å². The van der Waals surface area contributed by atoms with Gasteiger partial charge in [-0.15, -0.1) is 0 Å². The lowest BCUT2D eigenvalue weighted by atomic mass is 10.2. The third-order valence-electron chi connectivity index (χ3n) is 3.56. The smallest absolute Gasteiger partial charge is 0.306 e. The average Bonchev–Trinajstić information content (AvgIpc) is 3.11. The van der Waals surface area contributed by atoms with E-state index in [1.54, 1.807) is 24.3 Å². The molecule has 8 nitrogen and oxygen atoms in total. The first-order chi connectivity index (χ1) is 12.9. The maximum absolute atomic E-state index is 13.3. The van der Waals surface area contributed by atoms with Crippen LogP contribution in [-0.2, 0) is 11.2 Å². The van der Waals surface area contributed by atoms with Crippen LogP contribution < -0.4 is 5.32 Å². The molecule has 1 aromatic heterocycles. The molecule has 0 atom stereocenters. The van der Waals surface area contributed by atoms with Crippen LogP contribution in [0.15, 0.2) is 47.0 Å². The summed E-state index contributed by atoms with van der Waals surface area (Å²) in [6, 6.07) is 10.00. The lowest BCUT2D eigenvalue weighted by molar-refractivity contribution is -0.387. The molecule has 0 spiro atoms. The fourth-order valence-corrected chi connectivity index (χ4v) is 2.37. The fourth-order valence-electron chi connectivity index (χ4n) is 2.25. The molecule has 0 saturated carbocycles. The quantitative estimate of drug-likeness (QED) is 0.502. The molecule has 10 heteroatoms. The first-order valence-corrected chi connectivity index (χ1v) is 8.12. The lowest BCUT2D eigenvalue weighted by Gasteiger charge is -2.04. The number of aromatic nitrogens is 2. The van der Waals surface area contributed by atoms with Gasteiger partial charge in [-0.2, -0.15) is 9.37 Å². The van der Waals surface area contributed by atoms with Gasteiger partial charge in [0, 0.05) is 35.2 Å². The van der Waals surface area contributed by atoms with Crippen LogP contribution in [0.3, 0.4) is 0 Å². The van der Waals surface area contributed by atoms with Gasteiger partial charge in [0.2, 0.25) is 23.4 Å². The van der Waals surface area contributed by atoms with Crippen molar-refractivity contribution >= 4 is 28.9 Å². The summed E-state index contributed by atoms with van der Waals surface area (Å²) in [5.74, 6) is -0.767. The van der Waals surface area contributed by atoms with Crippen LogP contribution in [-0.4, -0.2) is 21.0 Å². The van der Waals surface area contributed by atoms with E-state index in [0.29, 0.717) is 10.8 Å². The van der Waals surface area contributed by atoms with Crippen LogP contribution in [0, 0.1) is 15.9 Å². The number of nitrogens with one attached hydrogen (secondary N) is 1. The number of benzene rings is 2. The number of carbonyl (C=O) groups excluding carboxylic acids is 1. The monoisotopic (exact) mass is 390 g/mol. The van der Waals surface area contributed by atoms with E-state index in [2.05, 4.69) is 15.5 Å². The van der Waals surface area contributed by atoms with Crippen molar-refractivity contribution in [1.29, 1.82) is 0 Å². The molecular formula is C17H12ClFN4O4. The van der Waals surface area contributed by atoms with E-state index in [4.69, 9.17) is 16.1 Å². The minimum Gasteiger partial charge on any atom is -0.339 e. The number of anilines is 1. The van der Waals surface area contributed by atoms with Crippen molar-refractivity contribution in [3.8, 4) is 11.4 Å². The van der Waals surface area contributed by atoms with Crippen molar-refractivity contribution < 1.29 is 18.6 Å². The molecule has 138 valence electrons. The van der Waals surface area contributed by atoms with E-state index in [-0.39, 0.29) is 24.4 Å². The molecule has 3 aromatic rings. The molecule has 1 amide bonds. The summed E-state index contributed by atoms with van der Waals surface area (Å²) < 4.78 is 18.4. The second-order valence-corrected chi connectivity index (χ2v) is 5.93. The van der Waals surface area contributed by atoms with Crippen LogP contribution >= 0.6 is 11.6 Å². The third-order valence-corrected chi connectivity index (χ3v) is 3.82. The molecule has 0 saturated heterocycles. The SMILES string of the molecule is O=C(CCc1nc(-c2ccc(Cl)cc2)no1)Nc1ccc(F)c([N+](=O)[O-])c1. The molecule has 27 heavy (non-hydrogen) atoms. The Morgan fingerprint density at radius 1 is 1.26 bits per heavy atom. The van der Waals surface area contributed by atoms with E-state index in [9.17, 15) is 19.3 Å². The Morgan fingerprint density at radius 2 is 2.00 bits per heavy atom. The fraction of sp³-hybridized carbons (Fsp3) is 0.118. The van der Waals surface area contributed by atoms with Gasteiger partial charge in [-0.3, -0.25) is 14.9 Å². The third kappa shape index (κ3) is 4.64. The zero-order chi connectivity index (χ0) is 19.4. The van der Waals surface area contributed by atoms with Gasteiger partial charge in [-0.05, 0) is 36.4 Å². The van der Waals surface area contributed by atoms with Gasteiger partial charge in [-0.1, -0.05) is 16.8 Å². The number of nitrogens with zero attached hydrogens (tertiary/aromatic N) is 3. The number of hydrogen-bond acceptors (Lipinski definition) is 6. The molecule has 2 aromatic carbocycles. The molecule has 0 unspecified atom stereocenters. The van der Waals surface area contributed by atoms with Gasteiger partial charge in [0.1, 0.15) is 0 Å². The summed E-state index contributed by atoms with van der Waals surface area (Å²) in [5.41, 5.74) is 0.135. The summed E-state index contributed by atoms with van der Waals surface area (Å²) in [4.78, 5) is 26.1. The van der Waals surface area contributed by atoms with E-state index < -0.39 is 22.3 Å². The molecule has 0 aliphatic carbocycles. The lowest BCUT2D eigenvalue weighted by Crippen LogP contribution is -2.12. The maximum atomic E-state index is 13.3. The van der Waals surface area contributed by atoms with Gasteiger partial charge in [0.05, 0.1) is 4.92 Å². The highest BCUT2D eigenvalue weighted by molar-refractivity contribution is 6.30. The number of nitro benzene ring substituents is 1. The maximum Gasteiger partial charge on any atom is 0.306 e. The van der Waals surface area contributed by atoms with Crippen LogP contribution in [0.5, 0.6) is 0 Å². The molecule has 0 aliphatic heterocycles. The minimum absolute atomic E-state index is 0.00737. The van der Waals surface area contributed by atoms with E-state index in [1.807, 2.05) is 0 Å². The highest BCUT2D eigenvalue weighted by Crippen LogP contribution is 2.22. The Balaban J connectivity index is 1.59. The van der Waals surface area contributed by atoms with Gasteiger partial charge in [-0.25, -0.2) is 0 Å². The van der Waals surface area contributed by atoms with Gasteiger partial charge in [0.25, 0.3) is 0 Å². The van der Waals surface area contributed by atoms with E-state index in [1.165, 1.54) is 6.07 Å². The second kappa shape index (κ2) is 7.92. The Labute approximate surface area is 157 Å². The normalized spacial score (nSPS) is 10.6. The van der Waals surface area contributed by atoms with Crippen molar-refractivity contribution in [3.63, 3.8) is 0 Å². The Bertz CT molecular complexity index is 991. The zero-order valence-corrected chi connectivity index (χ0v) is 14.4. The minimum atomic E-state index is -0.974.